The number of fused-ring (bicyclic) bond motifs is 3. The zero-order valence-electron chi connectivity index (χ0n) is 46.6. The summed E-state index contributed by atoms with van der Waals surface area (Å²) < 4.78 is 28.6. The maximum Gasteiger partial charge on any atom is 0.407 e. The molecule has 0 spiro atoms. The molecule has 2 aromatic carbocycles. The van der Waals surface area contributed by atoms with Gasteiger partial charge in [-0.3, -0.25) is 28.8 Å². The Morgan fingerprint density at radius 1 is 0.479 bits per heavy atom. The van der Waals surface area contributed by atoms with Gasteiger partial charge in [-0.15, -0.1) is 0 Å². The number of esters is 2. The predicted molar refractivity (Wildman–Crippen MR) is 280 cm³/mol. The molecule has 5 N–H and O–H groups in total. The minimum Gasteiger partial charge on any atom is -0.460 e. The van der Waals surface area contributed by atoms with Gasteiger partial charge < -0.3 is 50.3 Å². The highest BCUT2D eigenvalue weighted by Gasteiger charge is 2.35. The SMILES string of the molecule is CC(C)(CCOC(C)(C)C)NC(=O)CC[C@H](NC(=O)[C@H](CCC(=O)OC(C)(C)C)NC(=O)[C@H](CCC(=O)OC(C)(C)C)NC(=O)OCC1c2ccccc2-c2ccccc21)C(=O)NC(C)(C)CCOC(C)(C)C. The number of carbonyl (C=O) groups is 7. The fraction of sp³-hybridized carbons (Fsp3) is 0.661. The van der Waals surface area contributed by atoms with Gasteiger partial charge in [0.1, 0.15) is 35.9 Å². The van der Waals surface area contributed by atoms with E-state index in [2.05, 4.69) is 26.6 Å². The van der Waals surface area contributed by atoms with Crippen molar-refractivity contribution in [1.29, 1.82) is 0 Å². The maximum absolute atomic E-state index is 14.6. The van der Waals surface area contributed by atoms with Gasteiger partial charge in [-0.05, 0) is 165 Å². The van der Waals surface area contributed by atoms with Crippen molar-refractivity contribution in [2.75, 3.05) is 19.8 Å². The monoisotopic (exact) mass is 1020 g/mol. The van der Waals surface area contributed by atoms with E-state index in [1.807, 2.05) is 118 Å². The number of nitrogens with one attached hydrogen (secondary N) is 5. The Balaban J connectivity index is 1.93. The average Bonchev–Trinajstić information content (AvgIpc) is 3.54. The molecule has 3 atom stereocenters. The number of ether oxygens (including phenoxy) is 5. The van der Waals surface area contributed by atoms with E-state index in [4.69, 9.17) is 23.7 Å². The van der Waals surface area contributed by atoms with Crippen LogP contribution in [0.3, 0.4) is 0 Å². The summed E-state index contributed by atoms with van der Waals surface area (Å²) in [7, 11) is 0. The molecular formula is C56H87N5O12. The van der Waals surface area contributed by atoms with Crippen molar-refractivity contribution in [2.45, 2.75) is 220 Å². The maximum atomic E-state index is 14.6. The number of rotatable bonds is 25. The van der Waals surface area contributed by atoms with Crippen LogP contribution in [0.25, 0.3) is 11.1 Å². The minimum atomic E-state index is -1.48. The third-order valence-corrected chi connectivity index (χ3v) is 11.5. The van der Waals surface area contributed by atoms with Crippen LogP contribution >= 0.6 is 0 Å². The molecule has 73 heavy (non-hydrogen) atoms. The Kier molecular flexibility index (Phi) is 22.1. The van der Waals surface area contributed by atoms with Crippen molar-refractivity contribution in [3.63, 3.8) is 0 Å². The second-order valence-electron chi connectivity index (χ2n) is 24.2. The third kappa shape index (κ3) is 23.5. The van der Waals surface area contributed by atoms with Gasteiger partial charge in [0, 0.05) is 49.5 Å². The topological polar surface area (TPSA) is 226 Å². The van der Waals surface area contributed by atoms with Crippen molar-refractivity contribution in [3.05, 3.63) is 59.7 Å². The predicted octanol–water partition coefficient (Wildman–Crippen LogP) is 8.09. The smallest absolute Gasteiger partial charge is 0.407 e. The van der Waals surface area contributed by atoms with E-state index in [1.54, 1.807) is 41.5 Å². The number of alkyl carbamates (subject to hydrolysis) is 1. The van der Waals surface area contributed by atoms with Crippen LogP contribution < -0.4 is 26.6 Å². The van der Waals surface area contributed by atoms with Gasteiger partial charge in [0.2, 0.25) is 23.6 Å². The number of amides is 5. The molecule has 0 radical (unpaired) electrons. The zero-order chi connectivity index (χ0) is 55.2. The van der Waals surface area contributed by atoms with E-state index in [0.29, 0.717) is 26.1 Å². The summed E-state index contributed by atoms with van der Waals surface area (Å²) in [6, 6.07) is 11.4. The number of hydrogen-bond donors (Lipinski definition) is 5. The molecule has 17 nitrogen and oxygen atoms in total. The van der Waals surface area contributed by atoms with Crippen LogP contribution in [0.2, 0.25) is 0 Å². The highest BCUT2D eigenvalue weighted by Crippen LogP contribution is 2.44. The minimum absolute atomic E-state index is 0.0633. The van der Waals surface area contributed by atoms with E-state index in [1.165, 1.54) is 0 Å². The Bertz CT molecular complexity index is 2170. The third-order valence-electron chi connectivity index (χ3n) is 11.5. The molecule has 0 aliphatic heterocycles. The van der Waals surface area contributed by atoms with Crippen molar-refractivity contribution < 1.29 is 57.2 Å². The lowest BCUT2D eigenvalue weighted by Crippen LogP contribution is -2.58. The van der Waals surface area contributed by atoms with Gasteiger partial charge in [-0.2, -0.15) is 0 Å². The first-order valence-electron chi connectivity index (χ1n) is 25.6. The highest BCUT2D eigenvalue weighted by atomic mass is 16.6. The molecule has 408 valence electrons. The molecule has 0 saturated heterocycles. The summed E-state index contributed by atoms with van der Waals surface area (Å²) in [5, 5.41) is 14.0. The fourth-order valence-corrected chi connectivity index (χ4v) is 7.93. The van der Waals surface area contributed by atoms with Crippen LogP contribution in [-0.2, 0) is 52.5 Å². The first kappa shape index (κ1) is 61.7. The van der Waals surface area contributed by atoms with E-state index in [0.717, 1.165) is 22.3 Å². The van der Waals surface area contributed by atoms with Crippen LogP contribution in [0.15, 0.2) is 48.5 Å². The van der Waals surface area contributed by atoms with Gasteiger partial charge in [0.05, 0.1) is 11.2 Å². The van der Waals surface area contributed by atoms with Gasteiger partial charge >= 0.3 is 18.0 Å². The normalized spacial score (nSPS) is 14.4. The molecule has 3 rings (SSSR count). The second kappa shape index (κ2) is 26.1. The molecule has 0 bridgehead atoms. The standard InChI is InChI=1S/C56H87N5O12/c1-51(2,3)70-33-31-55(13,14)60-44(62)28-25-43(49(67)61-56(15,16)32-34-71-52(4,5)6)58-47(65)41(26-29-45(63)72-53(7,8)9)57-48(66)42(27-30-46(64)73-54(10,11)12)59-50(68)69-35-40-38-23-19-17-21-36(38)37-22-18-20-24-39(37)40/h17-24,40-43H,25-35H2,1-16H3,(H,57,66)(H,58,65)(H,59,68)(H,60,62)(H,61,67)/t41-,42-,43-/m0/s1. The lowest BCUT2D eigenvalue weighted by atomic mass is 9.98. The Morgan fingerprint density at radius 2 is 0.863 bits per heavy atom. The zero-order valence-corrected chi connectivity index (χ0v) is 46.6. The van der Waals surface area contributed by atoms with Gasteiger partial charge in [0.25, 0.3) is 0 Å². The average molecular weight is 1020 g/mol. The van der Waals surface area contributed by atoms with Gasteiger partial charge in [0.15, 0.2) is 0 Å². The van der Waals surface area contributed by atoms with Crippen molar-refractivity contribution in [2.24, 2.45) is 0 Å². The molecule has 17 heteroatoms. The molecule has 5 amide bonds. The lowest BCUT2D eigenvalue weighted by Gasteiger charge is -2.31. The quantitative estimate of drug-likeness (QED) is 0.0470. The van der Waals surface area contributed by atoms with Crippen LogP contribution in [0.5, 0.6) is 0 Å². The van der Waals surface area contributed by atoms with E-state index in [-0.39, 0.29) is 62.6 Å². The number of carbonyl (C=O) groups excluding carboxylic acids is 7. The number of hydrogen-bond acceptors (Lipinski definition) is 12. The first-order chi connectivity index (χ1) is 33.5. The summed E-state index contributed by atoms with van der Waals surface area (Å²) >= 11 is 0. The van der Waals surface area contributed by atoms with Crippen LogP contribution in [0, 0.1) is 0 Å². The molecule has 0 aromatic heterocycles. The molecule has 0 fully saturated rings. The molecule has 1 aliphatic rings. The van der Waals surface area contributed by atoms with E-state index >= 15 is 0 Å². The van der Waals surface area contributed by atoms with Crippen molar-refractivity contribution in [3.8, 4) is 11.1 Å². The van der Waals surface area contributed by atoms with Gasteiger partial charge in [-0.25, -0.2) is 4.79 Å². The molecule has 0 unspecified atom stereocenters. The summed E-state index contributed by atoms with van der Waals surface area (Å²) in [5.41, 5.74) is 0.0358. The van der Waals surface area contributed by atoms with Crippen LogP contribution in [0.4, 0.5) is 4.79 Å². The molecule has 1 aliphatic carbocycles. The van der Waals surface area contributed by atoms with Crippen LogP contribution in [-0.4, -0.2) is 113 Å². The Morgan fingerprint density at radius 3 is 1.29 bits per heavy atom. The summed E-state index contributed by atoms with van der Waals surface area (Å²) in [6.45, 7) is 29.8. The molecular weight excluding hydrogens is 935 g/mol. The Labute approximate surface area is 434 Å². The number of benzene rings is 2. The molecule has 0 heterocycles. The first-order valence-corrected chi connectivity index (χ1v) is 25.6. The molecule has 0 saturated carbocycles. The van der Waals surface area contributed by atoms with E-state index < -0.39 is 81.8 Å². The second-order valence-corrected chi connectivity index (χ2v) is 24.2. The Hall–Kier alpha value is -5.55. The summed E-state index contributed by atoms with van der Waals surface area (Å²) in [5.74, 6) is -4.26. The lowest BCUT2D eigenvalue weighted by molar-refractivity contribution is -0.156. The van der Waals surface area contributed by atoms with Crippen LogP contribution in [0.1, 0.15) is 179 Å². The summed E-state index contributed by atoms with van der Waals surface area (Å²) in [6.07, 6.45) is -1.49. The summed E-state index contributed by atoms with van der Waals surface area (Å²) in [4.78, 5) is 96.5. The van der Waals surface area contributed by atoms with Crippen molar-refractivity contribution in [1.82, 2.24) is 26.6 Å². The largest absolute Gasteiger partial charge is 0.460 e. The fourth-order valence-electron chi connectivity index (χ4n) is 7.93. The van der Waals surface area contributed by atoms with E-state index in [9.17, 15) is 33.6 Å². The van der Waals surface area contributed by atoms with Gasteiger partial charge in [-0.1, -0.05) is 48.5 Å². The molecule has 2 aromatic rings. The highest BCUT2D eigenvalue weighted by molar-refractivity contribution is 5.94. The van der Waals surface area contributed by atoms with Crippen molar-refractivity contribution >= 4 is 41.7 Å².